The summed E-state index contributed by atoms with van der Waals surface area (Å²) >= 11 is 0. The fourth-order valence-corrected chi connectivity index (χ4v) is 2.36. The first kappa shape index (κ1) is 14.9. The van der Waals surface area contributed by atoms with Crippen LogP contribution in [-0.4, -0.2) is 57.4 Å². The van der Waals surface area contributed by atoms with Gasteiger partial charge in [-0.25, -0.2) is 0 Å². The molecule has 17 heavy (non-hydrogen) atoms. The van der Waals surface area contributed by atoms with E-state index in [9.17, 15) is 15.3 Å². The minimum Gasteiger partial charge on any atom is -0.395 e. The van der Waals surface area contributed by atoms with Crippen LogP contribution in [0.15, 0.2) is 0 Å². The molecular formula is C12H25NO4. The molecule has 5 nitrogen and oxygen atoms in total. The van der Waals surface area contributed by atoms with Crippen molar-refractivity contribution < 1.29 is 20.4 Å². The van der Waals surface area contributed by atoms with Crippen LogP contribution < -0.4 is 5.32 Å². The van der Waals surface area contributed by atoms with Gasteiger partial charge in [0.2, 0.25) is 0 Å². The van der Waals surface area contributed by atoms with E-state index in [1.165, 1.54) is 0 Å². The van der Waals surface area contributed by atoms with Gasteiger partial charge in [-0.15, -0.1) is 0 Å². The number of aliphatic hydroxyl groups excluding tert-OH is 4. The minimum absolute atomic E-state index is 0.240. The van der Waals surface area contributed by atoms with Crippen LogP contribution in [0, 0.1) is 0 Å². The second-order valence-electron chi connectivity index (χ2n) is 4.88. The lowest BCUT2D eigenvalue weighted by atomic mass is 9.88. The van der Waals surface area contributed by atoms with Crippen molar-refractivity contribution in [2.75, 3.05) is 6.61 Å². The number of piperidine rings is 1. The maximum Gasteiger partial charge on any atom is 0.109 e. The van der Waals surface area contributed by atoms with Crippen LogP contribution in [0.1, 0.15) is 39.0 Å². The highest BCUT2D eigenvalue weighted by molar-refractivity contribution is 4.97. The lowest BCUT2D eigenvalue weighted by molar-refractivity contribution is -0.120. The third kappa shape index (κ3) is 3.89. The van der Waals surface area contributed by atoms with Gasteiger partial charge in [-0.05, 0) is 6.42 Å². The Kier molecular flexibility index (Phi) is 6.37. The van der Waals surface area contributed by atoms with Crippen molar-refractivity contribution >= 4 is 0 Å². The molecule has 0 amide bonds. The van der Waals surface area contributed by atoms with E-state index in [-0.39, 0.29) is 12.6 Å². The summed E-state index contributed by atoms with van der Waals surface area (Å²) < 4.78 is 0. The normalized spacial score (nSPS) is 38.3. The average molecular weight is 247 g/mol. The number of aliphatic hydroxyl groups is 4. The zero-order valence-corrected chi connectivity index (χ0v) is 10.4. The van der Waals surface area contributed by atoms with Gasteiger partial charge >= 0.3 is 0 Å². The van der Waals surface area contributed by atoms with E-state index in [1.807, 2.05) is 0 Å². The van der Waals surface area contributed by atoms with E-state index in [2.05, 4.69) is 12.2 Å². The molecule has 0 radical (unpaired) electrons. The number of unbranched alkanes of at least 4 members (excludes halogenated alkanes) is 3. The van der Waals surface area contributed by atoms with E-state index < -0.39 is 24.4 Å². The maximum absolute atomic E-state index is 9.82. The number of nitrogens with one attached hydrogen (secondary N) is 1. The predicted octanol–water partition coefficient (Wildman–Crippen LogP) is -0.628. The topological polar surface area (TPSA) is 93.0 Å². The molecule has 0 unspecified atom stereocenters. The van der Waals surface area contributed by atoms with Crippen LogP contribution in [-0.2, 0) is 0 Å². The van der Waals surface area contributed by atoms with Crippen LogP contribution in [0.3, 0.4) is 0 Å². The maximum atomic E-state index is 9.82. The molecule has 1 saturated heterocycles. The molecule has 1 aliphatic heterocycles. The van der Waals surface area contributed by atoms with Crippen molar-refractivity contribution in [1.29, 1.82) is 0 Å². The minimum atomic E-state index is -1.18. The molecule has 0 aromatic carbocycles. The Balaban J connectivity index is 2.42. The van der Waals surface area contributed by atoms with Crippen molar-refractivity contribution in [2.24, 2.45) is 0 Å². The van der Waals surface area contributed by atoms with E-state index in [0.717, 1.165) is 32.1 Å². The molecule has 0 spiro atoms. The first-order valence-electron chi connectivity index (χ1n) is 6.53. The third-order valence-electron chi connectivity index (χ3n) is 3.52. The molecule has 5 N–H and O–H groups in total. The second kappa shape index (κ2) is 7.28. The molecule has 0 aromatic rings. The highest BCUT2D eigenvalue weighted by atomic mass is 16.4. The van der Waals surface area contributed by atoms with Gasteiger partial charge in [-0.2, -0.15) is 0 Å². The van der Waals surface area contributed by atoms with Gasteiger partial charge in [0, 0.05) is 6.04 Å². The van der Waals surface area contributed by atoms with Gasteiger partial charge in [0.25, 0.3) is 0 Å². The zero-order chi connectivity index (χ0) is 12.8. The van der Waals surface area contributed by atoms with Crippen molar-refractivity contribution in [1.82, 2.24) is 5.32 Å². The predicted molar refractivity (Wildman–Crippen MR) is 64.6 cm³/mol. The van der Waals surface area contributed by atoms with Crippen molar-refractivity contribution in [3.05, 3.63) is 0 Å². The molecule has 0 bridgehead atoms. The van der Waals surface area contributed by atoms with Gasteiger partial charge in [-0.1, -0.05) is 32.6 Å². The van der Waals surface area contributed by atoms with E-state index in [0.29, 0.717) is 0 Å². The van der Waals surface area contributed by atoms with Crippen LogP contribution in [0.2, 0.25) is 0 Å². The quantitative estimate of drug-likeness (QED) is 0.403. The highest BCUT2D eigenvalue weighted by Crippen LogP contribution is 2.19. The van der Waals surface area contributed by atoms with Crippen LogP contribution in [0.4, 0.5) is 0 Å². The Labute approximate surface area is 102 Å². The molecule has 5 heteroatoms. The van der Waals surface area contributed by atoms with Gasteiger partial charge in [-0.3, -0.25) is 0 Å². The van der Waals surface area contributed by atoms with E-state index >= 15 is 0 Å². The standard InChI is InChI=1S/C12H25NO4/c1-2-3-4-5-6-8-10(15)12(17)11(16)9(7-14)13-8/h8-17H,2-7H2,1H3/t8-,9-,10+,11+,12-/m1/s1. The van der Waals surface area contributed by atoms with Crippen molar-refractivity contribution in [2.45, 2.75) is 69.4 Å². The average Bonchev–Trinajstić information content (AvgIpc) is 2.34. The van der Waals surface area contributed by atoms with Gasteiger partial charge in [0.1, 0.15) is 6.10 Å². The highest BCUT2D eigenvalue weighted by Gasteiger charge is 2.41. The van der Waals surface area contributed by atoms with E-state index in [4.69, 9.17) is 5.11 Å². The summed E-state index contributed by atoms with van der Waals surface area (Å²) in [5.41, 5.74) is 0. The number of rotatable bonds is 6. The van der Waals surface area contributed by atoms with Gasteiger partial charge in [0.15, 0.2) is 0 Å². The Morgan fingerprint density at radius 1 is 0.882 bits per heavy atom. The molecule has 1 fully saturated rings. The molecule has 0 saturated carbocycles. The molecule has 0 aromatic heterocycles. The molecule has 0 aliphatic carbocycles. The molecule has 102 valence electrons. The Hall–Kier alpha value is -0.200. The smallest absolute Gasteiger partial charge is 0.109 e. The third-order valence-corrected chi connectivity index (χ3v) is 3.52. The summed E-state index contributed by atoms with van der Waals surface area (Å²) in [5, 5.41) is 41.2. The molecule has 1 rings (SSSR count). The van der Waals surface area contributed by atoms with Crippen molar-refractivity contribution in [3.63, 3.8) is 0 Å². The summed E-state index contributed by atoms with van der Waals surface area (Å²) in [7, 11) is 0. The summed E-state index contributed by atoms with van der Waals surface area (Å²) in [4.78, 5) is 0. The summed E-state index contributed by atoms with van der Waals surface area (Å²) in [6, 6.07) is -0.799. The summed E-state index contributed by atoms with van der Waals surface area (Å²) in [6.45, 7) is 1.89. The Morgan fingerprint density at radius 2 is 1.53 bits per heavy atom. The lowest BCUT2D eigenvalue weighted by Gasteiger charge is -2.41. The fourth-order valence-electron chi connectivity index (χ4n) is 2.36. The van der Waals surface area contributed by atoms with E-state index in [1.54, 1.807) is 0 Å². The zero-order valence-electron chi connectivity index (χ0n) is 10.4. The van der Waals surface area contributed by atoms with Gasteiger partial charge in [0.05, 0.1) is 24.9 Å². The molecule has 1 aliphatic rings. The summed E-state index contributed by atoms with van der Waals surface area (Å²) in [5.74, 6) is 0. The van der Waals surface area contributed by atoms with Crippen LogP contribution in [0.5, 0.6) is 0 Å². The first-order chi connectivity index (χ1) is 8.11. The Bertz CT molecular complexity index is 213. The molecular weight excluding hydrogens is 222 g/mol. The monoisotopic (exact) mass is 247 g/mol. The van der Waals surface area contributed by atoms with Crippen LogP contribution >= 0.6 is 0 Å². The largest absolute Gasteiger partial charge is 0.395 e. The second-order valence-corrected chi connectivity index (χ2v) is 4.88. The summed E-state index contributed by atoms with van der Waals surface area (Å²) in [6.07, 6.45) is 1.90. The molecule has 1 heterocycles. The van der Waals surface area contributed by atoms with Crippen LogP contribution in [0.25, 0.3) is 0 Å². The molecule has 5 atom stereocenters. The Morgan fingerprint density at radius 3 is 2.12 bits per heavy atom. The lowest BCUT2D eigenvalue weighted by Crippen LogP contribution is -2.65. The van der Waals surface area contributed by atoms with Crippen molar-refractivity contribution in [3.8, 4) is 0 Å². The fraction of sp³-hybridized carbons (Fsp3) is 1.00. The SMILES string of the molecule is CCCCCC[C@H]1N[C@H](CO)[C@H](O)[C@H](O)[C@H]1O. The number of hydrogen-bond acceptors (Lipinski definition) is 5. The number of hydrogen-bond donors (Lipinski definition) is 5. The first-order valence-corrected chi connectivity index (χ1v) is 6.53. The van der Waals surface area contributed by atoms with Gasteiger partial charge < -0.3 is 25.7 Å².